The van der Waals surface area contributed by atoms with E-state index < -0.39 is 5.97 Å². The van der Waals surface area contributed by atoms with Gasteiger partial charge < -0.3 is 14.8 Å². The summed E-state index contributed by atoms with van der Waals surface area (Å²) in [6.07, 6.45) is 3.24. The van der Waals surface area contributed by atoms with Crippen LogP contribution in [0.3, 0.4) is 0 Å². The van der Waals surface area contributed by atoms with E-state index in [9.17, 15) is 4.79 Å². The lowest BCUT2D eigenvalue weighted by Crippen LogP contribution is -2.02. The highest BCUT2D eigenvalue weighted by molar-refractivity contribution is 7.15. The van der Waals surface area contributed by atoms with Crippen LogP contribution < -0.4 is 10.1 Å². The van der Waals surface area contributed by atoms with E-state index in [2.05, 4.69) is 15.3 Å². The van der Waals surface area contributed by atoms with Gasteiger partial charge in [-0.25, -0.2) is 14.8 Å². The summed E-state index contributed by atoms with van der Waals surface area (Å²) in [7, 11) is 1.33. The standard InChI is InChI=1S/C17H14ClN3O3S/c1-23-16(22)11-5-6-19-15(7-11)24-13-4-2-3-12(8-13)20-9-14-10-21-17(18)25-14/h2-8,10,20H,9H2,1H3. The average Bonchev–Trinajstić information content (AvgIpc) is 3.05. The SMILES string of the molecule is COC(=O)c1ccnc(Oc2cccc(NCc3cnc(Cl)s3)c2)c1. The van der Waals surface area contributed by atoms with Gasteiger partial charge in [-0.2, -0.15) is 0 Å². The number of anilines is 1. The third kappa shape index (κ3) is 4.68. The maximum Gasteiger partial charge on any atom is 0.338 e. The number of pyridine rings is 1. The van der Waals surface area contributed by atoms with E-state index in [1.807, 2.05) is 18.2 Å². The number of ether oxygens (including phenoxy) is 2. The molecule has 3 aromatic rings. The molecule has 2 aromatic heterocycles. The molecule has 8 heteroatoms. The summed E-state index contributed by atoms with van der Waals surface area (Å²) in [5.41, 5.74) is 1.26. The average molecular weight is 376 g/mol. The fraction of sp³-hybridized carbons (Fsp3) is 0.118. The molecule has 0 bridgehead atoms. The van der Waals surface area contributed by atoms with Gasteiger partial charge in [0.1, 0.15) is 5.75 Å². The molecule has 0 aliphatic heterocycles. The second kappa shape index (κ2) is 7.96. The highest BCUT2D eigenvalue weighted by atomic mass is 35.5. The second-order valence-corrected chi connectivity index (χ2v) is 6.63. The number of benzene rings is 1. The molecule has 0 saturated carbocycles. The zero-order chi connectivity index (χ0) is 17.6. The minimum absolute atomic E-state index is 0.314. The monoisotopic (exact) mass is 375 g/mol. The normalized spacial score (nSPS) is 10.3. The van der Waals surface area contributed by atoms with Crippen LogP contribution in [0.15, 0.2) is 48.8 Å². The van der Waals surface area contributed by atoms with E-state index in [-0.39, 0.29) is 0 Å². The summed E-state index contributed by atoms with van der Waals surface area (Å²) >= 11 is 7.25. The predicted octanol–water partition coefficient (Wildman–Crippen LogP) is 4.38. The van der Waals surface area contributed by atoms with E-state index in [4.69, 9.17) is 21.1 Å². The van der Waals surface area contributed by atoms with Crippen LogP contribution in [0.1, 0.15) is 15.2 Å². The lowest BCUT2D eigenvalue weighted by Gasteiger charge is -2.09. The maximum atomic E-state index is 11.6. The number of aromatic nitrogens is 2. The third-order valence-electron chi connectivity index (χ3n) is 3.20. The largest absolute Gasteiger partial charge is 0.465 e. The fourth-order valence-electron chi connectivity index (χ4n) is 2.05. The van der Waals surface area contributed by atoms with E-state index >= 15 is 0 Å². The van der Waals surface area contributed by atoms with E-state index in [1.54, 1.807) is 18.3 Å². The molecular formula is C17H14ClN3O3S. The molecular weight excluding hydrogens is 362 g/mol. The van der Waals surface area contributed by atoms with Gasteiger partial charge in [0, 0.05) is 35.1 Å². The Hall–Kier alpha value is -2.64. The molecule has 1 N–H and O–H groups in total. The minimum Gasteiger partial charge on any atom is -0.465 e. The van der Waals surface area contributed by atoms with E-state index in [1.165, 1.54) is 30.7 Å². The molecule has 0 fully saturated rings. The highest BCUT2D eigenvalue weighted by Gasteiger charge is 2.08. The molecule has 6 nitrogen and oxygen atoms in total. The molecule has 25 heavy (non-hydrogen) atoms. The van der Waals surface area contributed by atoms with Gasteiger partial charge in [-0.1, -0.05) is 17.7 Å². The van der Waals surface area contributed by atoms with Gasteiger partial charge in [-0.05, 0) is 18.2 Å². The Kier molecular flexibility index (Phi) is 5.47. The molecule has 0 atom stereocenters. The first-order chi connectivity index (χ1) is 12.1. The van der Waals surface area contributed by atoms with E-state index in [0.717, 1.165) is 10.6 Å². The van der Waals surface area contributed by atoms with Crippen LogP contribution in [0.2, 0.25) is 4.47 Å². The van der Waals surface area contributed by atoms with Crippen LogP contribution in [0, 0.1) is 0 Å². The molecule has 0 radical (unpaired) electrons. The smallest absolute Gasteiger partial charge is 0.338 e. The number of hydrogen-bond donors (Lipinski definition) is 1. The number of methoxy groups -OCH3 is 1. The van der Waals surface area contributed by atoms with Crippen molar-refractivity contribution in [1.82, 2.24) is 9.97 Å². The van der Waals surface area contributed by atoms with Gasteiger partial charge in [0.05, 0.1) is 19.2 Å². The van der Waals surface area contributed by atoms with E-state index in [0.29, 0.717) is 28.2 Å². The number of carbonyl (C=O) groups excluding carboxylic acids is 1. The van der Waals surface area contributed by atoms with Crippen molar-refractivity contribution in [3.05, 3.63) is 63.7 Å². The maximum absolute atomic E-state index is 11.6. The van der Waals surface area contributed by atoms with Crippen LogP contribution in [0.5, 0.6) is 11.6 Å². The van der Waals surface area contributed by atoms with Gasteiger partial charge in [-0.15, -0.1) is 11.3 Å². The van der Waals surface area contributed by atoms with Gasteiger partial charge >= 0.3 is 5.97 Å². The summed E-state index contributed by atoms with van der Waals surface area (Å²) < 4.78 is 10.9. The van der Waals surface area contributed by atoms with Crippen molar-refractivity contribution in [3.63, 3.8) is 0 Å². The van der Waals surface area contributed by atoms with Crippen LogP contribution in [-0.2, 0) is 11.3 Å². The first kappa shape index (κ1) is 17.2. The molecule has 3 rings (SSSR count). The summed E-state index contributed by atoms with van der Waals surface area (Å²) in [4.78, 5) is 20.7. The van der Waals surface area contributed by atoms with Crippen molar-refractivity contribution in [2.45, 2.75) is 6.54 Å². The first-order valence-corrected chi connectivity index (χ1v) is 8.50. The zero-order valence-electron chi connectivity index (χ0n) is 13.2. The van der Waals surface area contributed by atoms with Crippen molar-refractivity contribution in [1.29, 1.82) is 0 Å². The van der Waals surface area contributed by atoms with Gasteiger partial charge in [0.2, 0.25) is 5.88 Å². The van der Waals surface area contributed by atoms with Gasteiger partial charge in [0.15, 0.2) is 4.47 Å². The summed E-state index contributed by atoms with van der Waals surface area (Å²) in [5, 5.41) is 3.28. The number of halogens is 1. The van der Waals surface area contributed by atoms with Crippen molar-refractivity contribution in [2.24, 2.45) is 0 Å². The summed E-state index contributed by atoms with van der Waals surface area (Å²) in [6, 6.07) is 10.5. The molecule has 2 heterocycles. The number of rotatable bonds is 6. The van der Waals surface area contributed by atoms with Crippen molar-refractivity contribution in [2.75, 3.05) is 12.4 Å². The Morgan fingerprint density at radius 1 is 1.28 bits per heavy atom. The molecule has 0 aliphatic carbocycles. The molecule has 0 aliphatic rings. The van der Waals surface area contributed by atoms with Crippen LogP contribution in [0.25, 0.3) is 0 Å². The third-order valence-corrected chi connectivity index (χ3v) is 4.32. The minimum atomic E-state index is -0.439. The number of hydrogen-bond acceptors (Lipinski definition) is 7. The summed E-state index contributed by atoms with van der Waals surface area (Å²) in [6.45, 7) is 0.615. The molecule has 0 unspecified atom stereocenters. The number of nitrogens with zero attached hydrogens (tertiary/aromatic N) is 2. The first-order valence-electron chi connectivity index (χ1n) is 7.30. The topological polar surface area (TPSA) is 73.3 Å². The molecule has 1 aromatic carbocycles. The van der Waals surface area contributed by atoms with Crippen molar-refractivity contribution < 1.29 is 14.3 Å². The highest BCUT2D eigenvalue weighted by Crippen LogP contribution is 2.24. The Morgan fingerprint density at radius 3 is 2.92 bits per heavy atom. The number of carbonyl (C=O) groups is 1. The summed E-state index contributed by atoms with van der Waals surface area (Å²) in [5.74, 6) is 0.474. The lowest BCUT2D eigenvalue weighted by molar-refractivity contribution is 0.0600. The Morgan fingerprint density at radius 2 is 2.16 bits per heavy atom. The Bertz CT molecular complexity index is 885. The van der Waals surface area contributed by atoms with Gasteiger partial charge in [0.25, 0.3) is 0 Å². The van der Waals surface area contributed by atoms with Crippen molar-refractivity contribution in [3.8, 4) is 11.6 Å². The lowest BCUT2D eigenvalue weighted by atomic mass is 10.2. The molecule has 128 valence electrons. The van der Waals surface area contributed by atoms with Gasteiger partial charge in [-0.3, -0.25) is 0 Å². The molecule has 0 amide bonds. The number of esters is 1. The van der Waals surface area contributed by atoms with Crippen LogP contribution in [0.4, 0.5) is 5.69 Å². The zero-order valence-corrected chi connectivity index (χ0v) is 14.8. The predicted molar refractivity (Wildman–Crippen MR) is 96.5 cm³/mol. The Balaban J connectivity index is 1.68. The van der Waals surface area contributed by atoms with Crippen LogP contribution >= 0.6 is 22.9 Å². The van der Waals surface area contributed by atoms with Crippen molar-refractivity contribution >= 4 is 34.6 Å². The molecule has 0 saturated heterocycles. The molecule has 0 spiro atoms. The quantitative estimate of drug-likeness (QED) is 0.644. The number of thiazole rings is 1. The Labute approximate surface area is 153 Å². The van der Waals surface area contributed by atoms with Crippen LogP contribution in [-0.4, -0.2) is 23.0 Å². The fourth-order valence-corrected chi connectivity index (χ4v) is 2.97. The second-order valence-electron chi connectivity index (χ2n) is 4.94. The number of nitrogens with one attached hydrogen (secondary N) is 1.